The van der Waals surface area contributed by atoms with Crippen molar-refractivity contribution in [1.29, 1.82) is 0 Å². The smallest absolute Gasteiger partial charge is 0.266 e. The van der Waals surface area contributed by atoms with Crippen LogP contribution in [0, 0.1) is 0 Å². The molecule has 8 nitrogen and oxygen atoms in total. The van der Waals surface area contributed by atoms with Crippen molar-refractivity contribution in [2.45, 2.75) is 26.0 Å². The van der Waals surface area contributed by atoms with Crippen LogP contribution in [0.1, 0.15) is 13.3 Å². The zero-order valence-corrected chi connectivity index (χ0v) is 17.1. The van der Waals surface area contributed by atoms with E-state index in [1.54, 1.807) is 31.2 Å². The van der Waals surface area contributed by atoms with Gasteiger partial charge in [0.15, 0.2) is 17.6 Å². The van der Waals surface area contributed by atoms with E-state index < -0.39 is 6.10 Å². The number of ether oxygens (including phenoxy) is 3. The van der Waals surface area contributed by atoms with E-state index in [9.17, 15) is 9.59 Å². The van der Waals surface area contributed by atoms with Gasteiger partial charge in [0.05, 0.1) is 5.69 Å². The van der Waals surface area contributed by atoms with Crippen molar-refractivity contribution in [3.8, 4) is 28.5 Å². The maximum absolute atomic E-state index is 12.3. The van der Waals surface area contributed by atoms with Crippen LogP contribution in [-0.4, -0.2) is 35.1 Å². The molecule has 4 rings (SSSR count). The number of hydrogen-bond acceptors (Lipinski definition) is 6. The first-order valence-electron chi connectivity index (χ1n) is 10.1. The molecule has 0 saturated heterocycles. The van der Waals surface area contributed by atoms with Crippen molar-refractivity contribution in [2.75, 3.05) is 13.3 Å². The number of aryl methyl sites for hydroxylation is 1. The Kier molecular flexibility index (Phi) is 6.16. The number of nitrogens with one attached hydrogen (secondary N) is 1. The van der Waals surface area contributed by atoms with Gasteiger partial charge in [-0.3, -0.25) is 9.59 Å². The number of carbonyl (C=O) groups excluding carboxylic acids is 1. The van der Waals surface area contributed by atoms with Gasteiger partial charge >= 0.3 is 0 Å². The fourth-order valence-electron chi connectivity index (χ4n) is 3.16. The van der Waals surface area contributed by atoms with Gasteiger partial charge in [0, 0.05) is 30.8 Å². The Hall–Kier alpha value is -3.81. The molecule has 2 aromatic carbocycles. The number of fused-ring (bicyclic) bond motifs is 1. The molecule has 0 fully saturated rings. The molecule has 3 aromatic rings. The summed E-state index contributed by atoms with van der Waals surface area (Å²) in [7, 11) is 0. The van der Waals surface area contributed by atoms with E-state index in [1.165, 1.54) is 10.7 Å². The molecule has 1 amide bonds. The Labute approximate surface area is 179 Å². The molecular weight excluding hydrogens is 398 g/mol. The molecule has 0 unspecified atom stereocenters. The Bertz CT molecular complexity index is 1110. The first kappa shape index (κ1) is 20.5. The SMILES string of the molecule is C[C@H](Oc1ccc2c(c1)OCO2)C(=O)NCCCn1nc(-c2ccccc2)ccc1=O. The van der Waals surface area contributed by atoms with E-state index in [2.05, 4.69) is 10.4 Å². The lowest BCUT2D eigenvalue weighted by atomic mass is 10.1. The van der Waals surface area contributed by atoms with Crippen molar-refractivity contribution in [3.63, 3.8) is 0 Å². The number of hydrogen-bond donors (Lipinski definition) is 1. The van der Waals surface area contributed by atoms with Crippen LogP contribution in [0.3, 0.4) is 0 Å². The lowest BCUT2D eigenvalue weighted by molar-refractivity contribution is -0.127. The quantitative estimate of drug-likeness (QED) is 0.562. The van der Waals surface area contributed by atoms with Crippen LogP contribution in [0.5, 0.6) is 17.2 Å². The first-order valence-corrected chi connectivity index (χ1v) is 10.1. The van der Waals surface area contributed by atoms with Crippen LogP contribution >= 0.6 is 0 Å². The Morgan fingerprint density at radius 2 is 1.94 bits per heavy atom. The maximum atomic E-state index is 12.3. The van der Waals surface area contributed by atoms with Crippen LogP contribution in [0.2, 0.25) is 0 Å². The van der Waals surface area contributed by atoms with Crippen LogP contribution in [-0.2, 0) is 11.3 Å². The van der Waals surface area contributed by atoms with Crippen molar-refractivity contribution in [3.05, 3.63) is 71.0 Å². The Morgan fingerprint density at radius 3 is 2.77 bits per heavy atom. The molecule has 8 heteroatoms. The molecule has 1 aliphatic rings. The molecule has 1 atom stereocenters. The Morgan fingerprint density at radius 1 is 1.13 bits per heavy atom. The van der Waals surface area contributed by atoms with Gasteiger partial charge in [-0.15, -0.1) is 0 Å². The summed E-state index contributed by atoms with van der Waals surface area (Å²) in [5.74, 6) is 1.54. The van der Waals surface area contributed by atoms with E-state index in [1.807, 2.05) is 30.3 Å². The largest absolute Gasteiger partial charge is 0.481 e. The normalized spacial score (nSPS) is 12.9. The van der Waals surface area contributed by atoms with Crippen molar-refractivity contribution < 1.29 is 19.0 Å². The highest BCUT2D eigenvalue weighted by Gasteiger charge is 2.18. The summed E-state index contributed by atoms with van der Waals surface area (Å²) >= 11 is 0. The summed E-state index contributed by atoms with van der Waals surface area (Å²) in [5.41, 5.74) is 1.50. The molecule has 1 aromatic heterocycles. The number of carbonyl (C=O) groups is 1. The van der Waals surface area contributed by atoms with Crippen LogP contribution < -0.4 is 25.1 Å². The highest BCUT2D eigenvalue weighted by molar-refractivity contribution is 5.80. The monoisotopic (exact) mass is 421 g/mol. The molecule has 0 bridgehead atoms. The summed E-state index contributed by atoms with van der Waals surface area (Å²) in [6, 6.07) is 18.1. The Balaban J connectivity index is 1.26. The van der Waals surface area contributed by atoms with E-state index in [0.29, 0.717) is 36.8 Å². The number of aromatic nitrogens is 2. The molecule has 0 spiro atoms. The first-order chi connectivity index (χ1) is 15.1. The topological polar surface area (TPSA) is 91.7 Å². The molecule has 0 saturated carbocycles. The van der Waals surface area contributed by atoms with Crippen molar-refractivity contribution in [2.24, 2.45) is 0 Å². The average Bonchev–Trinajstić information content (AvgIpc) is 3.26. The lowest BCUT2D eigenvalue weighted by Crippen LogP contribution is -2.37. The highest BCUT2D eigenvalue weighted by Crippen LogP contribution is 2.35. The van der Waals surface area contributed by atoms with Gasteiger partial charge < -0.3 is 19.5 Å². The summed E-state index contributed by atoms with van der Waals surface area (Å²) < 4.78 is 17.7. The van der Waals surface area contributed by atoms with Gasteiger partial charge in [-0.1, -0.05) is 30.3 Å². The van der Waals surface area contributed by atoms with E-state index in [0.717, 1.165) is 11.3 Å². The van der Waals surface area contributed by atoms with Crippen molar-refractivity contribution >= 4 is 5.91 Å². The minimum absolute atomic E-state index is 0.175. The highest BCUT2D eigenvalue weighted by atomic mass is 16.7. The van der Waals surface area contributed by atoms with Gasteiger partial charge in [0.2, 0.25) is 6.79 Å². The predicted molar refractivity (Wildman–Crippen MR) is 114 cm³/mol. The molecule has 2 heterocycles. The second-order valence-electron chi connectivity index (χ2n) is 7.07. The fraction of sp³-hybridized carbons (Fsp3) is 0.261. The van der Waals surface area contributed by atoms with Crippen LogP contribution in [0.25, 0.3) is 11.3 Å². The van der Waals surface area contributed by atoms with E-state index in [4.69, 9.17) is 14.2 Å². The molecule has 1 N–H and O–H groups in total. The second kappa shape index (κ2) is 9.34. The van der Waals surface area contributed by atoms with Gasteiger partial charge in [-0.05, 0) is 31.5 Å². The third-order valence-corrected chi connectivity index (χ3v) is 4.81. The molecule has 160 valence electrons. The van der Waals surface area contributed by atoms with Crippen LogP contribution in [0.15, 0.2) is 65.5 Å². The molecule has 0 radical (unpaired) electrons. The van der Waals surface area contributed by atoms with Gasteiger partial charge in [-0.25, -0.2) is 4.68 Å². The minimum Gasteiger partial charge on any atom is -0.481 e. The third-order valence-electron chi connectivity index (χ3n) is 4.81. The summed E-state index contributed by atoms with van der Waals surface area (Å²) in [5, 5.41) is 7.25. The second-order valence-corrected chi connectivity index (χ2v) is 7.07. The summed E-state index contributed by atoms with van der Waals surface area (Å²) in [6.45, 7) is 2.66. The van der Waals surface area contributed by atoms with Gasteiger partial charge in [0.1, 0.15) is 5.75 Å². The zero-order chi connectivity index (χ0) is 21.6. The maximum Gasteiger partial charge on any atom is 0.266 e. The standard InChI is InChI=1S/C23H23N3O5/c1-16(31-18-8-10-20-21(14-18)30-15-29-20)23(28)24-12-5-13-26-22(27)11-9-19(25-26)17-6-3-2-4-7-17/h2-4,6-11,14,16H,5,12-13,15H2,1H3,(H,24,28)/t16-/m0/s1. The number of nitrogens with zero attached hydrogens (tertiary/aromatic N) is 2. The van der Waals surface area contributed by atoms with E-state index in [-0.39, 0.29) is 18.3 Å². The number of benzene rings is 2. The predicted octanol–water partition coefficient (Wildman–Crippen LogP) is 2.61. The summed E-state index contributed by atoms with van der Waals surface area (Å²) in [6.07, 6.45) is -0.115. The fourth-order valence-corrected chi connectivity index (χ4v) is 3.16. The third kappa shape index (κ3) is 5.03. The van der Waals surface area contributed by atoms with Gasteiger partial charge in [0.25, 0.3) is 11.5 Å². The molecular formula is C23H23N3O5. The van der Waals surface area contributed by atoms with Crippen LogP contribution in [0.4, 0.5) is 0 Å². The number of rotatable bonds is 8. The molecule has 1 aliphatic heterocycles. The van der Waals surface area contributed by atoms with Crippen molar-refractivity contribution in [1.82, 2.24) is 15.1 Å². The molecule has 31 heavy (non-hydrogen) atoms. The summed E-state index contributed by atoms with van der Waals surface area (Å²) in [4.78, 5) is 24.4. The molecule has 0 aliphatic carbocycles. The minimum atomic E-state index is -0.678. The number of amides is 1. The average molecular weight is 421 g/mol. The lowest BCUT2D eigenvalue weighted by Gasteiger charge is -2.15. The van der Waals surface area contributed by atoms with Gasteiger partial charge in [-0.2, -0.15) is 5.10 Å². The zero-order valence-electron chi connectivity index (χ0n) is 17.1. The van der Waals surface area contributed by atoms with E-state index >= 15 is 0 Å².